The fraction of sp³-hybridized carbons (Fsp3) is 0.120. The third kappa shape index (κ3) is 4.71. The summed E-state index contributed by atoms with van der Waals surface area (Å²) >= 11 is 6.22. The van der Waals surface area contributed by atoms with Crippen LogP contribution in [0.2, 0.25) is 5.02 Å². The van der Waals surface area contributed by atoms with Gasteiger partial charge in [-0.3, -0.25) is 0 Å². The lowest BCUT2D eigenvalue weighted by Gasteiger charge is -2.13. The van der Waals surface area contributed by atoms with Gasteiger partial charge in [0.15, 0.2) is 11.5 Å². The zero-order valence-electron chi connectivity index (χ0n) is 16.9. The highest BCUT2D eigenvalue weighted by Gasteiger charge is 2.11. The quantitative estimate of drug-likeness (QED) is 0.352. The number of aromatic nitrogens is 2. The fourth-order valence-electron chi connectivity index (χ4n) is 3.17. The second-order valence-corrected chi connectivity index (χ2v) is 7.20. The topological polar surface area (TPSA) is 70.9 Å². The zero-order valence-corrected chi connectivity index (χ0v) is 17.7. The summed E-state index contributed by atoms with van der Waals surface area (Å²) in [6.45, 7) is 2.73. The van der Waals surface area contributed by atoms with Gasteiger partial charge >= 0.3 is 0 Å². The monoisotopic (exact) mass is 429 g/mol. The van der Waals surface area contributed by atoms with Crippen LogP contribution in [0.4, 0.5) is 0 Å². The Morgan fingerprint density at radius 2 is 1.87 bits per heavy atom. The molecule has 0 aliphatic rings. The largest absolute Gasteiger partial charge is 0.490 e. The highest BCUT2D eigenvalue weighted by molar-refractivity contribution is 6.31. The van der Waals surface area contributed by atoms with Crippen molar-refractivity contribution in [3.05, 3.63) is 88.7 Å². The average Bonchev–Trinajstić information content (AvgIpc) is 3.22. The van der Waals surface area contributed by atoms with E-state index in [2.05, 4.69) is 16.0 Å². The summed E-state index contributed by atoms with van der Waals surface area (Å²) in [5, 5.41) is 10.3. The predicted molar refractivity (Wildman–Crippen MR) is 123 cm³/mol. The molecule has 1 heterocycles. The molecule has 0 amide bonds. The number of nitriles is 1. The van der Waals surface area contributed by atoms with Crippen LogP contribution >= 0.6 is 11.6 Å². The summed E-state index contributed by atoms with van der Waals surface area (Å²) in [7, 11) is 0. The van der Waals surface area contributed by atoms with E-state index in [0.717, 1.165) is 22.2 Å². The molecule has 5 nitrogen and oxygen atoms in total. The fourth-order valence-corrected chi connectivity index (χ4v) is 3.36. The minimum absolute atomic E-state index is 0.331. The standard InChI is InChI=1S/C25H20ClN3O2/c1-2-30-24-14-17(11-12-23(24)31-16-18-7-3-4-8-20(18)26)13-19(15-27)25-28-21-9-5-6-10-22(21)29-25/h3-14H,2,16H2,1H3,(H,28,29)/b19-13+. The predicted octanol–water partition coefficient (Wildman–Crippen LogP) is 6.26. The molecule has 154 valence electrons. The number of ether oxygens (including phenoxy) is 2. The van der Waals surface area contributed by atoms with Gasteiger partial charge in [-0.15, -0.1) is 0 Å². The van der Waals surface area contributed by atoms with Crippen LogP contribution in [-0.2, 0) is 6.61 Å². The summed E-state index contributed by atoms with van der Waals surface area (Å²) < 4.78 is 11.7. The molecule has 0 atom stereocenters. The number of nitrogens with zero attached hydrogens (tertiary/aromatic N) is 2. The maximum atomic E-state index is 9.68. The number of allylic oxidation sites excluding steroid dienone is 1. The zero-order chi connectivity index (χ0) is 21.6. The highest BCUT2D eigenvalue weighted by Crippen LogP contribution is 2.31. The van der Waals surface area contributed by atoms with Crippen molar-refractivity contribution in [2.75, 3.05) is 6.61 Å². The first kappa shape index (κ1) is 20.5. The Morgan fingerprint density at radius 3 is 2.65 bits per heavy atom. The molecule has 3 aromatic carbocycles. The lowest BCUT2D eigenvalue weighted by molar-refractivity contribution is 0.269. The Labute approximate surface area is 185 Å². The van der Waals surface area contributed by atoms with E-state index in [4.69, 9.17) is 21.1 Å². The number of rotatable bonds is 7. The van der Waals surface area contributed by atoms with Crippen LogP contribution in [0.15, 0.2) is 66.7 Å². The smallest absolute Gasteiger partial charge is 0.161 e. The normalized spacial score (nSPS) is 11.3. The van der Waals surface area contributed by atoms with Crippen molar-refractivity contribution in [3.8, 4) is 17.6 Å². The van der Waals surface area contributed by atoms with Crippen LogP contribution in [0.3, 0.4) is 0 Å². The van der Waals surface area contributed by atoms with Gasteiger partial charge in [-0.2, -0.15) is 5.26 Å². The Hall–Kier alpha value is -3.75. The molecule has 0 fully saturated rings. The molecular formula is C25H20ClN3O2. The van der Waals surface area contributed by atoms with E-state index in [1.807, 2.05) is 73.7 Å². The third-order valence-electron chi connectivity index (χ3n) is 4.68. The molecule has 1 aromatic heterocycles. The van der Waals surface area contributed by atoms with E-state index in [1.165, 1.54) is 0 Å². The molecule has 0 aliphatic heterocycles. The van der Waals surface area contributed by atoms with Crippen LogP contribution in [0, 0.1) is 11.3 Å². The molecule has 31 heavy (non-hydrogen) atoms. The molecule has 0 radical (unpaired) electrons. The summed E-state index contributed by atoms with van der Waals surface area (Å²) in [6.07, 6.45) is 1.78. The van der Waals surface area contributed by atoms with Gasteiger partial charge in [0, 0.05) is 10.6 Å². The van der Waals surface area contributed by atoms with Crippen LogP contribution < -0.4 is 9.47 Å². The molecule has 0 unspecified atom stereocenters. The van der Waals surface area contributed by atoms with Crippen molar-refractivity contribution in [3.63, 3.8) is 0 Å². The van der Waals surface area contributed by atoms with Gasteiger partial charge in [-0.1, -0.05) is 48.0 Å². The molecule has 0 bridgehead atoms. The van der Waals surface area contributed by atoms with E-state index in [-0.39, 0.29) is 0 Å². The summed E-state index contributed by atoms with van der Waals surface area (Å²) in [6, 6.07) is 23.0. The molecule has 4 rings (SSSR count). The number of hydrogen-bond donors (Lipinski definition) is 1. The van der Waals surface area contributed by atoms with Crippen molar-refractivity contribution >= 4 is 34.3 Å². The van der Waals surface area contributed by atoms with E-state index in [1.54, 1.807) is 6.08 Å². The Morgan fingerprint density at radius 1 is 1.06 bits per heavy atom. The first-order valence-electron chi connectivity index (χ1n) is 9.88. The number of nitrogens with one attached hydrogen (secondary N) is 1. The van der Waals surface area contributed by atoms with Gasteiger partial charge in [0.05, 0.1) is 23.2 Å². The number of halogens is 1. The molecule has 0 saturated carbocycles. The SMILES string of the molecule is CCOc1cc(/C=C(\C#N)c2nc3ccccc3[nH]2)ccc1OCc1ccccc1Cl. The van der Waals surface area contributed by atoms with Crippen molar-refractivity contribution in [2.45, 2.75) is 13.5 Å². The van der Waals surface area contributed by atoms with Crippen LogP contribution in [0.5, 0.6) is 11.5 Å². The Kier molecular flexibility index (Phi) is 6.21. The van der Waals surface area contributed by atoms with Crippen molar-refractivity contribution in [2.24, 2.45) is 0 Å². The molecule has 4 aromatic rings. The third-order valence-corrected chi connectivity index (χ3v) is 5.05. The van der Waals surface area contributed by atoms with Crippen molar-refractivity contribution < 1.29 is 9.47 Å². The maximum absolute atomic E-state index is 9.68. The lowest BCUT2D eigenvalue weighted by Crippen LogP contribution is -2.00. The van der Waals surface area contributed by atoms with E-state index in [9.17, 15) is 5.26 Å². The second kappa shape index (κ2) is 9.38. The minimum atomic E-state index is 0.331. The first-order valence-corrected chi connectivity index (χ1v) is 10.3. The molecule has 0 aliphatic carbocycles. The van der Waals surface area contributed by atoms with Crippen LogP contribution in [0.25, 0.3) is 22.7 Å². The van der Waals surface area contributed by atoms with Crippen molar-refractivity contribution in [1.29, 1.82) is 5.26 Å². The number of imidazole rings is 1. The van der Waals surface area contributed by atoms with Crippen LogP contribution in [0.1, 0.15) is 23.9 Å². The van der Waals surface area contributed by atoms with Gasteiger partial charge in [0.25, 0.3) is 0 Å². The van der Waals surface area contributed by atoms with Crippen LogP contribution in [-0.4, -0.2) is 16.6 Å². The van der Waals surface area contributed by atoms with E-state index < -0.39 is 0 Å². The second-order valence-electron chi connectivity index (χ2n) is 6.79. The average molecular weight is 430 g/mol. The highest BCUT2D eigenvalue weighted by atomic mass is 35.5. The van der Waals surface area contributed by atoms with E-state index in [0.29, 0.717) is 41.1 Å². The number of aromatic amines is 1. The number of benzene rings is 3. The summed E-state index contributed by atoms with van der Waals surface area (Å²) in [5.41, 5.74) is 3.84. The molecule has 0 saturated heterocycles. The molecular weight excluding hydrogens is 410 g/mol. The number of H-pyrrole nitrogens is 1. The summed E-state index contributed by atoms with van der Waals surface area (Å²) in [5.74, 6) is 1.74. The number of para-hydroxylation sites is 2. The lowest BCUT2D eigenvalue weighted by atomic mass is 10.1. The Bertz CT molecular complexity index is 1250. The van der Waals surface area contributed by atoms with Gasteiger partial charge in [0.2, 0.25) is 0 Å². The van der Waals surface area contributed by atoms with Gasteiger partial charge < -0.3 is 14.5 Å². The van der Waals surface area contributed by atoms with Gasteiger partial charge in [-0.05, 0) is 48.9 Å². The minimum Gasteiger partial charge on any atom is -0.490 e. The number of hydrogen-bond acceptors (Lipinski definition) is 4. The summed E-state index contributed by atoms with van der Waals surface area (Å²) in [4.78, 5) is 7.70. The Balaban J connectivity index is 1.61. The molecule has 1 N–H and O–H groups in total. The van der Waals surface area contributed by atoms with E-state index >= 15 is 0 Å². The first-order chi connectivity index (χ1) is 15.2. The maximum Gasteiger partial charge on any atom is 0.161 e. The number of fused-ring (bicyclic) bond motifs is 1. The molecule has 0 spiro atoms. The van der Waals surface area contributed by atoms with Gasteiger partial charge in [0.1, 0.15) is 18.5 Å². The molecule has 6 heteroatoms. The van der Waals surface area contributed by atoms with Gasteiger partial charge in [-0.25, -0.2) is 4.98 Å². The van der Waals surface area contributed by atoms with Crippen molar-refractivity contribution in [1.82, 2.24) is 9.97 Å².